The van der Waals surface area contributed by atoms with Crippen molar-refractivity contribution in [2.75, 3.05) is 26.2 Å². The van der Waals surface area contributed by atoms with E-state index in [0.29, 0.717) is 18.4 Å². The summed E-state index contributed by atoms with van der Waals surface area (Å²) in [5, 5.41) is 0. The molecule has 1 aromatic carbocycles. The lowest BCUT2D eigenvalue weighted by molar-refractivity contribution is -0.118. The molecule has 1 saturated heterocycles. The maximum absolute atomic E-state index is 13.1. The number of carbonyl (C=O) groups excluding carboxylic acids is 1. The Hall–Kier alpha value is -1.65. The summed E-state index contributed by atoms with van der Waals surface area (Å²) >= 11 is 0. The van der Waals surface area contributed by atoms with E-state index in [-0.39, 0.29) is 17.9 Å². The topological polar surface area (TPSA) is 32.8 Å². The van der Waals surface area contributed by atoms with E-state index in [1.54, 1.807) is 0 Å². The van der Waals surface area contributed by atoms with E-state index in [0.717, 1.165) is 43.9 Å². The molecule has 154 valence electrons. The maximum atomic E-state index is 13.1. The zero-order valence-corrected chi connectivity index (χ0v) is 18.1. The third-order valence-electron chi connectivity index (χ3n) is 6.05. The highest BCUT2D eigenvalue weighted by Crippen LogP contribution is 2.37. The van der Waals surface area contributed by atoms with Gasteiger partial charge in [0.1, 0.15) is 11.9 Å². The fourth-order valence-electron chi connectivity index (χ4n) is 4.51. The molecule has 3 rings (SSSR count). The molecular weight excluding hydrogens is 348 g/mol. The van der Waals surface area contributed by atoms with Gasteiger partial charge in [0.2, 0.25) is 0 Å². The first kappa shape index (κ1) is 21.1. The number of carbonyl (C=O) groups is 1. The van der Waals surface area contributed by atoms with Gasteiger partial charge in [-0.05, 0) is 32.3 Å². The first-order chi connectivity index (χ1) is 13.4. The van der Waals surface area contributed by atoms with Gasteiger partial charge in [-0.15, -0.1) is 0 Å². The second kappa shape index (κ2) is 9.23. The van der Waals surface area contributed by atoms with E-state index in [1.807, 2.05) is 13.0 Å². The molecule has 4 heteroatoms. The van der Waals surface area contributed by atoms with Crippen molar-refractivity contribution in [1.29, 1.82) is 0 Å². The molecule has 0 bridgehead atoms. The molecule has 0 radical (unpaired) electrons. The fourth-order valence-corrected chi connectivity index (χ4v) is 4.51. The van der Waals surface area contributed by atoms with Gasteiger partial charge in [-0.2, -0.15) is 0 Å². The summed E-state index contributed by atoms with van der Waals surface area (Å²) in [5.41, 5.74) is 2.11. The van der Waals surface area contributed by atoms with Crippen LogP contribution in [0.4, 0.5) is 0 Å². The third kappa shape index (κ3) is 4.84. The molecule has 1 fully saturated rings. The number of piperazine rings is 1. The highest BCUT2D eigenvalue weighted by molar-refractivity contribution is 5.97. The molecule has 1 aromatic rings. The Kier molecular flexibility index (Phi) is 6.95. The van der Waals surface area contributed by atoms with Crippen molar-refractivity contribution in [3.05, 3.63) is 47.2 Å². The van der Waals surface area contributed by atoms with Crippen LogP contribution in [0.5, 0.6) is 0 Å². The average molecular weight is 385 g/mol. The van der Waals surface area contributed by atoms with Crippen LogP contribution in [0.1, 0.15) is 59.1 Å². The van der Waals surface area contributed by atoms with Crippen molar-refractivity contribution in [2.24, 2.45) is 5.92 Å². The molecule has 2 aliphatic rings. The van der Waals surface area contributed by atoms with Crippen molar-refractivity contribution < 1.29 is 9.53 Å². The Labute approximate surface area is 170 Å². The van der Waals surface area contributed by atoms with E-state index in [2.05, 4.69) is 61.8 Å². The van der Waals surface area contributed by atoms with E-state index < -0.39 is 0 Å². The lowest BCUT2D eigenvalue weighted by Gasteiger charge is -2.44. The van der Waals surface area contributed by atoms with Crippen molar-refractivity contribution in [3.8, 4) is 0 Å². The van der Waals surface area contributed by atoms with Crippen molar-refractivity contribution >= 4 is 5.78 Å². The van der Waals surface area contributed by atoms with Crippen LogP contribution in [-0.4, -0.2) is 53.8 Å². The summed E-state index contributed by atoms with van der Waals surface area (Å²) in [6, 6.07) is 11.2. The Morgan fingerprint density at radius 3 is 2.29 bits per heavy atom. The van der Waals surface area contributed by atoms with Crippen LogP contribution in [0.25, 0.3) is 0 Å². The summed E-state index contributed by atoms with van der Waals surface area (Å²) in [6.07, 6.45) is 1.46. The number of allylic oxidation sites excluding steroid dienone is 1. The first-order valence-corrected chi connectivity index (χ1v) is 10.8. The van der Waals surface area contributed by atoms with Gasteiger partial charge >= 0.3 is 0 Å². The zero-order valence-electron chi connectivity index (χ0n) is 18.1. The Morgan fingerprint density at radius 1 is 1.07 bits per heavy atom. The quantitative estimate of drug-likeness (QED) is 0.726. The van der Waals surface area contributed by atoms with Crippen molar-refractivity contribution in [1.82, 2.24) is 9.80 Å². The van der Waals surface area contributed by atoms with Gasteiger partial charge in [0, 0.05) is 56.7 Å². The van der Waals surface area contributed by atoms with Gasteiger partial charge in [0.15, 0.2) is 5.78 Å². The molecule has 0 aromatic heterocycles. The minimum absolute atomic E-state index is 0.0185. The first-order valence-electron chi connectivity index (χ1n) is 10.8. The predicted molar refractivity (Wildman–Crippen MR) is 114 cm³/mol. The van der Waals surface area contributed by atoms with E-state index >= 15 is 0 Å². The van der Waals surface area contributed by atoms with Crippen LogP contribution >= 0.6 is 0 Å². The van der Waals surface area contributed by atoms with Crippen LogP contribution in [0.3, 0.4) is 0 Å². The molecule has 0 spiro atoms. The van der Waals surface area contributed by atoms with E-state index in [9.17, 15) is 4.79 Å². The van der Waals surface area contributed by atoms with Gasteiger partial charge in [-0.1, -0.05) is 44.2 Å². The highest BCUT2D eigenvalue weighted by Gasteiger charge is 2.38. The SMILES string of the molecule is CC1=C(C(=O)CC(C)C)C(N2CCN(C(C)C)CC2)CC(c2ccccc2)O1. The molecule has 0 saturated carbocycles. The molecule has 2 atom stereocenters. The third-order valence-corrected chi connectivity index (χ3v) is 6.05. The molecule has 0 aliphatic carbocycles. The van der Waals surface area contributed by atoms with E-state index in [4.69, 9.17) is 4.74 Å². The van der Waals surface area contributed by atoms with Crippen LogP contribution in [0.2, 0.25) is 0 Å². The molecular formula is C24H36N2O2. The van der Waals surface area contributed by atoms with Gasteiger partial charge < -0.3 is 4.74 Å². The van der Waals surface area contributed by atoms with Crippen LogP contribution in [-0.2, 0) is 9.53 Å². The molecule has 4 nitrogen and oxygen atoms in total. The Bertz CT molecular complexity index is 688. The lowest BCUT2D eigenvalue weighted by Crippen LogP contribution is -2.54. The largest absolute Gasteiger partial charge is 0.490 e. The van der Waals surface area contributed by atoms with Gasteiger partial charge in [0.25, 0.3) is 0 Å². The number of hydrogen-bond acceptors (Lipinski definition) is 4. The minimum atomic E-state index is 0.0185. The molecule has 0 amide bonds. The highest BCUT2D eigenvalue weighted by atomic mass is 16.5. The predicted octanol–water partition coefficient (Wildman–Crippen LogP) is 4.43. The Morgan fingerprint density at radius 2 is 1.71 bits per heavy atom. The molecule has 2 aliphatic heterocycles. The smallest absolute Gasteiger partial charge is 0.164 e. The summed E-state index contributed by atoms with van der Waals surface area (Å²) in [5.74, 6) is 1.44. The van der Waals surface area contributed by atoms with Crippen LogP contribution < -0.4 is 0 Å². The molecule has 2 heterocycles. The summed E-state index contributed by atoms with van der Waals surface area (Å²) in [7, 11) is 0. The van der Waals surface area contributed by atoms with E-state index in [1.165, 1.54) is 5.56 Å². The lowest BCUT2D eigenvalue weighted by atomic mass is 9.87. The molecule has 2 unspecified atom stereocenters. The second-order valence-electron chi connectivity index (χ2n) is 8.93. The van der Waals surface area contributed by atoms with Crippen LogP contribution in [0, 0.1) is 5.92 Å². The normalized spacial score (nSPS) is 24.7. The summed E-state index contributed by atoms with van der Waals surface area (Å²) in [4.78, 5) is 18.2. The number of benzene rings is 1. The standard InChI is InChI=1S/C24H36N2O2/c1-17(2)15-22(27)24-19(5)28-23(20-9-7-6-8-10-20)16-21(24)26-13-11-25(12-14-26)18(3)4/h6-10,17-18,21,23H,11-16H2,1-5H3. The van der Waals surface area contributed by atoms with Crippen molar-refractivity contribution in [3.63, 3.8) is 0 Å². The maximum Gasteiger partial charge on any atom is 0.164 e. The zero-order chi connectivity index (χ0) is 20.3. The summed E-state index contributed by atoms with van der Waals surface area (Å²) < 4.78 is 6.29. The Balaban J connectivity index is 1.85. The number of hydrogen-bond donors (Lipinski definition) is 0. The monoisotopic (exact) mass is 384 g/mol. The number of ether oxygens (including phenoxy) is 1. The summed E-state index contributed by atoms with van der Waals surface area (Å²) in [6.45, 7) is 14.9. The molecule has 28 heavy (non-hydrogen) atoms. The number of ketones is 1. The number of rotatable bonds is 6. The fraction of sp³-hybridized carbons (Fsp3) is 0.625. The minimum Gasteiger partial charge on any atom is -0.490 e. The van der Waals surface area contributed by atoms with Gasteiger partial charge in [-0.3, -0.25) is 14.6 Å². The molecule has 0 N–H and O–H groups in total. The van der Waals surface area contributed by atoms with Gasteiger partial charge in [0.05, 0.1) is 0 Å². The number of nitrogens with zero attached hydrogens (tertiary/aromatic N) is 2. The van der Waals surface area contributed by atoms with Crippen molar-refractivity contribution in [2.45, 2.75) is 65.6 Å². The average Bonchev–Trinajstić information content (AvgIpc) is 2.67. The van der Waals surface area contributed by atoms with Gasteiger partial charge in [-0.25, -0.2) is 0 Å². The number of Topliss-reactive ketones (excluding diaryl/α,β-unsaturated/α-hetero) is 1. The van der Waals surface area contributed by atoms with Crippen LogP contribution in [0.15, 0.2) is 41.7 Å². The second-order valence-corrected chi connectivity index (χ2v) is 8.93.